The lowest BCUT2D eigenvalue weighted by Gasteiger charge is -2.14. The molecule has 2 rings (SSSR count). The molecule has 0 saturated heterocycles. The van der Waals surface area contributed by atoms with Crippen molar-refractivity contribution in [3.63, 3.8) is 0 Å². The van der Waals surface area contributed by atoms with E-state index in [4.69, 9.17) is 9.47 Å². The number of ether oxygens (including phenoxy) is 2. The molecule has 0 fully saturated rings. The normalized spacial score (nSPS) is 10.7. The zero-order valence-electron chi connectivity index (χ0n) is 15.6. The Hall–Kier alpha value is -3.43. The minimum Gasteiger partial charge on any atom is -0.490 e. The van der Waals surface area contributed by atoms with E-state index >= 15 is 0 Å². The number of amides is 1. The van der Waals surface area contributed by atoms with Crippen molar-refractivity contribution in [2.75, 3.05) is 32.7 Å². The lowest BCUT2D eigenvalue weighted by atomic mass is 10.2. The van der Waals surface area contributed by atoms with Crippen molar-refractivity contribution in [2.24, 2.45) is 5.10 Å². The number of H-pyrrole nitrogens is 1. The highest BCUT2D eigenvalue weighted by Crippen LogP contribution is 2.28. The summed E-state index contributed by atoms with van der Waals surface area (Å²) in [7, 11) is 3.32. The van der Waals surface area contributed by atoms with Crippen LogP contribution in [0.25, 0.3) is 0 Å². The van der Waals surface area contributed by atoms with E-state index < -0.39 is 0 Å². The second-order valence-electron chi connectivity index (χ2n) is 5.67. The van der Waals surface area contributed by atoms with Gasteiger partial charge < -0.3 is 14.4 Å². The lowest BCUT2D eigenvalue weighted by Crippen LogP contribution is -2.27. The molecule has 10 heteroatoms. The highest BCUT2D eigenvalue weighted by molar-refractivity contribution is 5.81. The number of hydrogen-bond acceptors (Lipinski definition) is 8. The Morgan fingerprint density at radius 1 is 1.30 bits per heavy atom. The van der Waals surface area contributed by atoms with Gasteiger partial charge in [-0.15, -0.1) is 10.2 Å². The summed E-state index contributed by atoms with van der Waals surface area (Å²) >= 11 is 0. The minimum absolute atomic E-state index is 0.0818. The van der Waals surface area contributed by atoms with Gasteiger partial charge in [-0.25, -0.2) is 5.43 Å². The molecule has 0 aliphatic carbocycles. The zero-order chi connectivity index (χ0) is 19.8. The number of aromatic amines is 1. The first-order valence-corrected chi connectivity index (χ1v) is 8.23. The highest BCUT2D eigenvalue weighted by Gasteiger charge is 2.10. The van der Waals surface area contributed by atoms with E-state index in [2.05, 4.69) is 25.7 Å². The molecule has 1 amide bonds. The predicted molar refractivity (Wildman–Crippen MR) is 100 cm³/mol. The van der Waals surface area contributed by atoms with E-state index in [9.17, 15) is 9.59 Å². The van der Waals surface area contributed by atoms with Crippen LogP contribution < -0.4 is 20.5 Å². The smallest absolute Gasteiger partial charge is 0.274 e. The molecule has 10 nitrogen and oxygen atoms in total. The van der Waals surface area contributed by atoms with Gasteiger partial charge in [0.05, 0.1) is 12.8 Å². The molecule has 1 aromatic carbocycles. The van der Waals surface area contributed by atoms with Gasteiger partial charge in [0.2, 0.25) is 5.95 Å². The minimum atomic E-state index is -0.338. The monoisotopic (exact) mass is 374 g/mol. The molecule has 2 aromatic rings. The molecule has 0 bridgehead atoms. The highest BCUT2D eigenvalue weighted by atomic mass is 16.5. The molecular formula is C17H22N6O4. The average Bonchev–Trinajstić information content (AvgIpc) is 2.64. The Bertz CT molecular complexity index is 878. The molecule has 0 radical (unpaired) electrons. The third-order valence-electron chi connectivity index (χ3n) is 3.36. The van der Waals surface area contributed by atoms with Crippen LogP contribution in [0.1, 0.15) is 18.2 Å². The summed E-state index contributed by atoms with van der Waals surface area (Å²) in [6.45, 7) is 3.77. The van der Waals surface area contributed by atoms with Crippen molar-refractivity contribution in [1.82, 2.24) is 20.1 Å². The number of hydrazone groups is 1. The maximum Gasteiger partial charge on any atom is 0.274 e. The maximum absolute atomic E-state index is 11.7. The second kappa shape index (κ2) is 9.32. The fourth-order valence-corrected chi connectivity index (χ4v) is 1.87. The van der Waals surface area contributed by atoms with Crippen LogP contribution in [0, 0.1) is 6.92 Å². The summed E-state index contributed by atoms with van der Waals surface area (Å²) in [5.41, 5.74) is 3.25. The third kappa shape index (κ3) is 5.80. The topological polar surface area (TPSA) is 122 Å². The van der Waals surface area contributed by atoms with Crippen molar-refractivity contribution < 1.29 is 14.3 Å². The van der Waals surface area contributed by atoms with Crippen molar-refractivity contribution >= 4 is 18.1 Å². The molecule has 0 unspecified atom stereocenters. The first kappa shape index (κ1) is 19.9. The average molecular weight is 374 g/mol. The molecule has 144 valence electrons. The fraction of sp³-hybridized carbons (Fsp3) is 0.353. The Labute approximate surface area is 156 Å². The Balaban J connectivity index is 2.08. The summed E-state index contributed by atoms with van der Waals surface area (Å²) in [4.78, 5) is 27.1. The first-order valence-electron chi connectivity index (χ1n) is 8.23. The van der Waals surface area contributed by atoms with Gasteiger partial charge in [-0.05, 0) is 37.6 Å². The van der Waals surface area contributed by atoms with Gasteiger partial charge in [-0.1, -0.05) is 0 Å². The van der Waals surface area contributed by atoms with E-state index in [-0.39, 0.29) is 29.7 Å². The van der Waals surface area contributed by atoms with Crippen LogP contribution >= 0.6 is 0 Å². The number of rotatable bonds is 8. The number of carbonyl (C=O) groups is 1. The van der Waals surface area contributed by atoms with E-state index in [1.165, 1.54) is 11.1 Å². The number of anilines is 1. The van der Waals surface area contributed by atoms with Crippen LogP contribution in [0.2, 0.25) is 0 Å². The second-order valence-corrected chi connectivity index (χ2v) is 5.67. The van der Waals surface area contributed by atoms with E-state index in [0.29, 0.717) is 18.1 Å². The van der Waals surface area contributed by atoms with Gasteiger partial charge in [0.1, 0.15) is 5.69 Å². The number of carbonyl (C=O) groups excluding carboxylic acids is 1. The fourth-order valence-electron chi connectivity index (χ4n) is 1.87. The molecule has 0 saturated carbocycles. The molecular weight excluding hydrogens is 352 g/mol. The van der Waals surface area contributed by atoms with Crippen LogP contribution in [0.3, 0.4) is 0 Å². The Morgan fingerprint density at radius 3 is 2.74 bits per heavy atom. The molecule has 27 heavy (non-hydrogen) atoms. The largest absolute Gasteiger partial charge is 0.490 e. The summed E-state index contributed by atoms with van der Waals surface area (Å²) < 4.78 is 11.1. The molecule has 1 heterocycles. The molecule has 2 N–H and O–H groups in total. The van der Waals surface area contributed by atoms with E-state index in [1.54, 1.807) is 39.2 Å². The molecule has 0 aliphatic heterocycles. The summed E-state index contributed by atoms with van der Waals surface area (Å²) in [6.07, 6.45) is 1.52. The van der Waals surface area contributed by atoms with Gasteiger partial charge in [0.15, 0.2) is 18.1 Å². The summed E-state index contributed by atoms with van der Waals surface area (Å²) in [5, 5.41) is 11.5. The van der Waals surface area contributed by atoms with Gasteiger partial charge in [0.25, 0.3) is 11.5 Å². The van der Waals surface area contributed by atoms with Gasteiger partial charge in [-0.3, -0.25) is 14.6 Å². The molecule has 0 spiro atoms. The van der Waals surface area contributed by atoms with Crippen LogP contribution in [0.4, 0.5) is 5.95 Å². The van der Waals surface area contributed by atoms with Crippen LogP contribution in [0.5, 0.6) is 11.5 Å². The van der Waals surface area contributed by atoms with E-state index in [1.807, 2.05) is 6.92 Å². The van der Waals surface area contributed by atoms with Gasteiger partial charge in [-0.2, -0.15) is 5.10 Å². The molecule has 1 aromatic heterocycles. The zero-order valence-corrected chi connectivity index (χ0v) is 15.6. The molecule has 0 aliphatic rings. The quantitative estimate of drug-likeness (QED) is 0.517. The summed E-state index contributed by atoms with van der Waals surface area (Å²) in [5.74, 6) is 0.942. The standard InChI is InChI=1S/C17H22N6O4/c1-5-26-14-8-12(6-7-13(14)27-10-15(24)23(3)4)9-18-21-17-19-16(25)11(2)20-22-17/h6-9H,5,10H2,1-4H3,(H2,19,21,22,25). The third-order valence-corrected chi connectivity index (χ3v) is 3.36. The van der Waals surface area contributed by atoms with E-state index in [0.717, 1.165) is 5.56 Å². The van der Waals surface area contributed by atoms with Gasteiger partial charge in [0, 0.05) is 14.1 Å². The van der Waals surface area contributed by atoms with Crippen LogP contribution in [0.15, 0.2) is 28.1 Å². The number of benzene rings is 1. The van der Waals surface area contributed by atoms with Crippen LogP contribution in [-0.4, -0.2) is 59.5 Å². The van der Waals surface area contributed by atoms with Crippen LogP contribution in [-0.2, 0) is 4.79 Å². The maximum atomic E-state index is 11.7. The van der Waals surface area contributed by atoms with Crippen molar-refractivity contribution in [1.29, 1.82) is 0 Å². The van der Waals surface area contributed by atoms with Crippen molar-refractivity contribution in [3.8, 4) is 11.5 Å². The number of aromatic nitrogens is 3. The Morgan fingerprint density at radius 2 is 2.07 bits per heavy atom. The SMILES string of the molecule is CCOc1cc(C=NNc2nnc(C)c(=O)[nH]2)ccc1OCC(=O)N(C)C. The number of likely N-dealkylation sites (N-methyl/N-ethyl adjacent to an activating group) is 1. The first-order chi connectivity index (χ1) is 12.9. The predicted octanol–water partition coefficient (Wildman–Crippen LogP) is 0.785. The lowest BCUT2D eigenvalue weighted by molar-refractivity contribution is -0.130. The Kier molecular flexibility index (Phi) is 6.86. The number of nitrogens with one attached hydrogen (secondary N) is 2. The number of aryl methyl sites for hydroxylation is 1. The van der Waals surface area contributed by atoms with Crippen molar-refractivity contribution in [2.45, 2.75) is 13.8 Å². The van der Waals surface area contributed by atoms with Gasteiger partial charge >= 0.3 is 0 Å². The summed E-state index contributed by atoms with van der Waals surface area (Å²) in [6, 6.07) is 5.18. The number of nitrogens with zero attached hydrogens (tertiary/aromatic N) is 4. The number of hydrogen-bond donors (Lipinski definition) is 2. The van der Waals surface area contributed by atoms with Crippen molar-refractivity contribution in [3.05, 3.63) is 39.8 Å². The molecule has 0 atom stereocenters.